The maximum atomic E-state index is 13.1. The minimum Gasteiger partial charge on any atom is -0.394 e. The number of hydrogen-bond donors (Lipinski definition) is 29. The Morgan fingerprint density at radius 1 is 0.220 bits per heavy atom. The Bertz CT molecular complexity index is 3230. The third-order valence-corrected chi connectivity index (χ3v) is 21.1. The van der Waals surface area contributed by atoms with Crippen molar-refractivity contribution in [3.05, 3.63) is 0 Å². The first kappa shape index (κ1) is 97.0. The minimum absolute atomic E-state index is 0.796. The molecule has 29 N–H and O–H groups in total. The van der Waals surface area contributed by atoms with Crippen molar-refractivity contribution in [2.75, 3.05) is 59.5 Å². The highest BCUT2D eigenvalue weighted by Crippen LogP contribution is 2.40. The molecule has 6 amide bonds. The van der Waals surface area contributed by atoms with Crippen LogP contribution in [0.5, 0.6) is 0 Å². The smallest absolute Gasteiger partial charge is 0.217 e. The lowest BCUT2D eigenvalue weighted by molar-refractivity contribution is -0.398. The Labute approximate surface area is 669 Å². The zero-order chi connectivity index (χ0) is 87.1. The van der Waals surface area contributed by atoms with Crippen molar-refractivity contribution >= 4 is 35.4 Å². The second-order valence-corrected chi connectivity index (χ2v) is 29.7. The molecule has 9 fully saturated rings. The molecule has 9 aliphatic heterocycles. The number of hydrogen-bond acceptors (Lipinski definition) is 46. The van der Waals surface area contributed by atoms with Crippen LogP contribution in [0.15, 0.2) is 0 Å². The highest BCUT2D eigenvalue weighted by atomic mass is 16.8. The van der Waals surface area contributed by atoms with Crippen molar-refractivity contribution in [2.45, 2.75) is 318 Å². The van der Waals surface area contributed by atoms with Gasteiger partial charge in [0.1, 0.15) is 219 Å². The van der Waals surface area contributed by atoms with Crippen LogP contribution in [0.3, 0.4) is 0 Å². The maximum absolute atomic E-state index is 13.1. The van der Waals surface area contributed by atoms with E-state index in [1.165, 1.54) is 0 Å². The maximum Gasteiger partial charge on any atom is 0.217 e. The zero-order valence-corrected chi connectivity index (χ0v) is 64.0. The lowest BCUT2D eigenvalue weighted by atomic mass is 9.93. The molecule has 118 heavy (non-hydrogen) atoms. The first-order valence-corrected chi connectivity index (χ1v) is 37.6. The van der Waals surface area contributed by atoms with Crippen LogP contribution in [0.2, 0.25) is 0 Å². The lowest BCUT2D eigenvalue weighted by Gasteiger charge is -2.51. The van der Waals surface area contributed by atoms with E-state index in [0.717, 1.165) is 41.5 Å². The highest BCUT2D eigenvalue weighted by Gasteiger charge is 2.61. The van der Waals surface area contributed by atoms with Crippen LogP contribution in [-0.2, 0) is 109 Å². The molecular formula is C66H110N6O46. The predicted molar refractivity (Wildman–Crippen MR) is 367 cm³/mol. The Kier molecular flexibility index (Phi) is 35.1. The van der Waals surface area contributed by atoms with Crippen molar-refractivity contribution in [1.82, 2.24) is 31.9 Å². The molecule has 52 nitrogen and oxygen atoms in total. The van der Waals surface area contributed by atoms with E-state index in [2.05, 4.69) is 31.9 Å². The van der Waals surface area contributed by atoms with Gasteiger partial charge in [0.25, 0.3) is 0 Å². The molecule has 0 aromatic heterocycles. The Balaban J connectivity index is 1.09. The largest absolute Gasteiger partial charge is 0.394 e. The first-order valence-electron chi connectivity index (χ1n) is 37.6. The quantitative estimate of drug-likeness (QED) is 0.0306. The van der Waals surface area contributed by atoms with E-state index in [1.807, 2.05) is 0 Å². The summed E-state index contributed by atoms with van der Waals surface area (Å²) in [6, 6.07) is -10.7. The van der Waals surface area contributed by atoms with Crippen molar-refractivity contribution < 1.29 is 227 Å². The summed E-state index contributed by atoms with van der Waals surface area (Å²) < 4.78 is 102. The van der Waals surface area contributed by atoms with E-state index in [9.17, 15) is 146 Å². The number of rotatable bonds is 31. The fourth-order valence-electron chi connectivity index (χ4n) is 15.2. The third-order valence-electron chi connectivity index (χ3n) is 21.1. The van der Waals surface area contributed by atoms with Crippen LogP contribution < -0.4 is 31.9 Å². The van der Waals surface area contributed by atoms with Crippen LogP contribution in [0.1, 0.15) is 41.5 Å². The minimum atomic E-state index is -2.61. The second kappa shape index (κ2) is 42.7. The van der Waals surface area contributed by atoms with Gasteiger partial charge in [-0.25, -0.2) is 0 Å². The van der Waals surface area contributed by atoms with Gasteiger partial charge in [0, 0.05) is 41.5 Å². The molecule has 0 unspecified atom stereocenters. The number of aliphatic hydroxyl groups excluding tert-OH is 23. The Hall–Kier alpha value is -4.78. The summed E-state index contributed by atoms with van der Waals surface area (Å²) in [6.45, 7) is -3.89. The van der Waals surface area contributed by atoms with Gasteiger partial charge in [-0.3, -0.25) is 28.8 Å². The van der Waals surface area contributed by atoms with E-state index in [-0.39, 0.29) is 0 Å². The van der Waals surface area contributed by atoms with E-state index in [4.69, 9.17) is 80.5 Å². The van der Waals surface area contributed by atoms with Crippen molar-refractivity contribution in [3.63, 3.8) is 0 Å². The molecule has 52 heteroatoms. The van der Waals surface area contributed by atoms with E-state index in [1.54, 1.807) is 0 Å². The number of aliphatic hydroxyl groups is 23. The second-order valence-electron chi connectivity index (χ2n) is 29.7. The molecule has 9 aliphatic rings. The third kappa shape index (κ3) is 22.1. The molecule has 9 rings (SSSR count). The van der Waals surface area contributed by atoms with E-state index < -0.39 is 371 Å². The average molecular weight is 1720 g/mol. The van der Waals surface area contributed by atoms with Crippen molar-refractivity contribution in [2.24, 2.45) is 0 Å². The fraction of sp³-hybridized carbons (Fsp3) is 0.909. The summed E-state index contributed by atoms with van der Waals surface area (Å²) in [5.74, 6) is -5.23. The van der Waals surface area contributed by atoms with Crippen LogP contribution in [0.4, 0.5) is 0 Å². The standard InChI is InChI=1S/C66H110N6O46/c1-16(80)67-31-46(95)52(26(11-77)104-58(31)101)113-62-35(71-20(5)84)48(97)54(28(13-79)109-62)115-64-51(100)55(116-66-57(49(98)40(89)25(10-76)108-66)118-63-36(72-21(6)85)47(96)53(27(12-78)110-63)114-60-33(69-18(3)82)44(93)38(87)23(8-74)106-60)42(91)30(111-64)15-103-65-56(117-61-34(70-19(4)83)45(94)39(88)24(9-75)107-61)50(99)41(90)29(112-65)14-102-59-32(68-17(2)81)43(92)37(86)22(7-73)105-59/h22-66,73-79,86-101H,7-15H2,1-6H3,(H,67,80)(H,68,81)(H,69,82)(H,70,83)(H,71,84)(H,72,85)/t22-,23-,24-,25-,26-,27-,28-,29-,30-,31-,32-,33-,34-,35-,36+,37-,38+,39-,40-,41-,42-,43-,44-,45-,46-,47-,48-,49+,50+,51+,52-,53-,54-,55+,56+,57+,58-,59-,60+,61+,62+,63+,64+,65+,66-/m1/s1. The van der Waals surface area contributed by atoms with Gasteiger partial charge in [-0.1, -0.05) is 0 Å². The molecule has 0 spiro atoms. The van der Waals surface area contributed by atoms with Gasteiger partial charge in [-0.2, -0.15) is 0 Å². The molecule has 9 heterocycles. The Morgan fingerprint density at radius 3 is 0.831 bits per heavy atom. The number of carbonyl (C=O) groups excluding carboxylic acids is 6. The number of carbonyl (C=O) groups is 6. The Morgan fingerprint density at radius 2 is 0.458 bits per heavy atom. The fourth-order valence-corrected chi connectivity index (χ4v) is 15.2. The predicted octanol–water partition coefficient (Wildman–Crippen LogP) is -19.8. The molecule has 0 aromatic carbocycles. The SMILES string of the molecule is CC(=O)N[C@@H]1[C@H](O[C@@H]2[C@@H](O[C@@H]3[C@H](O)[C@H](O[C@H]4[C@H](O)[C@@H](NC(C)=O)[C@H](O[C@H]5[C@H](O)[C@@H](NC(C)=O)[C@H](O)O[C@@H]5CO)O[C@@H]4CO)O[C@H](CO[C@H]4O[C@H](CO[C@@H]5O[C@H](CO)[C@@H](O)[C@H](O)[C@H]5NC(C)=O)[C@@H](O)[C@H](O)[C@@H]4O[C@@H]4O[C@H](CO)[C@@H](O)[C@H](O)[C@H]4NC(C)=O)[C@H]3O)O[C@H](CO)[C@@H](O)[C@@H]2O)O[C@H](CO)[C@@H](O[C@@H]2O[C@H](CO)[C@H](O)[C@H](O)[C@H]2NC(C)=O)[C@@H]1O. The van der Waals surface area contributed by atoms with Crippen molar-refractivity contribution in [1.29, 1.82) is 0 Å². The van der Waals surface area contributed by atoms with Gasteiger partial charge < -0.3 is 230 Å². The van der Waals surface area contributed by atoms with E-state index in [0.29, 0.717) is 0 Å². The molecule has 0 radical (unpaired) electrons. The van der Waals surface area contributed by atoms with Crippen LogP contribution in [0.25, 0.3) is 0 Å². The van der Waals surface area contributed by atoms with Crippen LogP contribution in [-0.4, -0.2) is 488 Å². The number of amides is 6. The molecule has 45 atom stereocenters. The summed E-state index contributed by atoms with van der Waals surface area (Å²) in [7, 11) is 0. The lowest BCUT2D eigenvalue weighted by Crippen LogP contribution is -2.71. The monoisotopic (exact) mass is 1720 g/mol. The van der Waals surface area contributed by atoms with Crippen LogP contribution in [0, 0.1) is 0 Å². The zero-order valence-electron chi connectivity index (χ0n) is 64.0. The van der Waals surface area contributed by atoms with Gasteiger partial charge in [-0.05, 0) is 0 Å². The van der Waals surface area contributed by atoms with Crippen molar-refractivity contribution in [3.8, 4) is 0 Å². The summed E-state index contributed by atoms with van der Waals surface area (Å²) in [5, 5.41) is 273. The molecule has 0 saturated carbocycles. The molecule has 0 aromatic rings. The van der Waals surface area contributed by atoms with Crippen LogP contribution >= 0.6 is 0 Å². The van der Waals surface area contributed by atoms with E-state index >= 15 is 0 Å². The summed E-state index contributed by atoms with van der Waals surface area (Å²) in [5.41, 5.74) is 0. The van der Waals surface area contributed by atoms with Gasteiger partial charge in [-0.15, -0.1) is 0 Å². The van der Waals surface area contributed by atoms with Gasteiger partial charge in [0.2, 0.25) is 35.4 Å². The van der Waals surface area contributed by atoms with Gasteiger partial charge in [0.15, 0.2) is 56.6 Å². The highest BCUT2D eigenvalue weighted by molar-refractivity contribution is 5.75. The normalized spacial score (nSPS) is 46.9. The number of ether oxygens (including phenoxy) is 17. The first-order chi connectivity index (χ1) is 55.8. The molecule has 0 aliphatic carbocycles. The summed E-state index contributed by atoms with van der Waals surface area (Å²) >= 11 is 0. The summed E-state index contributed by atoms with van der Waals surface area (Å²) in [4.78, 5) is 75.8. The molecule has 0 bridgehead atoms. The molecular weight excluding hydrogens is 1610 g/mol. The van der Waals surface area contributed by atoms with Gasteiger partial charge in [0.05, 0.1) is 59.5 Å². The molecule has 9 saturated heterocycles. The summed E-state index contributed by atoms with van der Waals surface area (Å²) in [6.07, 6.45) is -81.3. The topological polar surface area (TPSA) is 797 Å². The molecule has 680 valence electrons. The average Bonchev–Trinajstić information content (AvgIpc) is 0.765. The van der Waals surface area contributed by atoms with Gasteiger partial charge >= 0.3 is 0 Å². The number of nitrogens with one attached hydrogen (secondary N) is 6.